The van der Waals surface area contributed by atoms with Crippen molar-refractivity contribution in [2.45, 2.75) is 31.8 Å². The fourth-order valence-electron chi connectivity index (χ4n) is 2.47. The summed E-state index contributed by atoms with van der Waals surface area (Å²) in [4.78, 5) is 11.7. The second-order valence-electron chi connectivity index (χ2n) is 5.28. The van der Waals surface area contributed by atoms with Crippen LogP contribution in [0.5, 0.6) is 5.75 Å². The second kappa shape index (κ2) is 7.10. The van der Waals surface area contributed by atoms with Gasteiger partial charge in [0.15, 0.2) is 0 Å². The van der Waals surface area contributed by atoms with Crippen LogP contribution in [-0.4, -0.2) is 28.8 Å². The molecule has 0 aromatic heterocycles. The lowest BCUT2D eigenvalue weighted by molar-refractivity contribution is -0.116. The fourth-order valence-corrected chi connectivity index (χ4v) is 2.47. The monoisotopic (exact) mass is 275 g/mol. The molecule has 0 aliphatic heterocycles. The van der Waals surface area contributed by atoms with Crippen LogP contribution in [0.4, 0.5) is 0 Å². The Hall–Kier alpha value is -1.81. The molecular formula is C16H21NO3. The van der Waals surface area contributed by atoms with E-state index in [-0.39, 0.29) is 23.7 Å². The SMILES string of the molecule is O=C(C=Cc1ccc(O)cc1)NCC1CCCCC1O. The minimum Gasteiger partial charge on any atom is -0.508 e. The number of nitrogens with one attached hydrogen (secondary N) is 1. The number of benzene rings is 1. The molecule has 0 bridgehead atoms. The summed E-state index contributed by atoms with van der Waals surface area (Å²) >= 11 is 0. The van der Waals surface area contributed by atoms with Crippen LogP contribution in [0.25, 0.3) is 6.08 Å². The molecule has 3 N–H and O–H groups in total. The summed E-state index contributed by atoms with van der Waals surface area (Å²) in [5.74, 6) is 0.225. The number of rotatable bonds is 4. The lowest BCUT2D eigenvalue weighted by atomic mass is 9.86. The molecule has 0 radical (unpaired) electrons. The summed E-state index contributed by atoms with van der Waals surface area (Å²) < 4.78 is 0. The van der Waals surface area contributed by atoms with Crippen LogP contribution < -0.4 is 5.32 Å². The molecule has 1 aliphatic carbocycles. The standard InChI is InChI=1S/C16H21NO3/c18-14-8-5-12(6-9-14)7-10-16(20)17-11-13-3-1-2-4-15(13)19/h5-10,13,15,18-19H,1-4,11H2,(H,17,20). The summed E-state index contributed by atoms with van der Waals surface area (Å²) in [6.07, 6.45) is 6.90. The van der Waals surface area contributed by atoms with E-state index in [1.807, 2.05) is 0 Å². The third kappa shape index (κ3) is 4.38. The lowest BCUT2D eigenvalue weighted by Gasteiger charge is -2.27. The Labute approximate surface area is 119 Å². The molecule has 2 unspecified atom stereocenters. The van der Waals surface area contributed by atoms with Crippen molar-refractivity contribution < 1.29 is 15.0 Å². The normalized spacial score (nSPS) is 22.9. The van der Waals surface area contributed by atoms with Crippen molar-refractivity contribution in [2.24, 2.45) is 5.92 Å². The molecule has 0 saturated heterocycles. The molecule has 2 rings (SSSR count). The molecule has 0 spiro atoms. The highest BCUT2D eigenvalue weighted by Gasteiger charge is 2.22. The number of aromatic hydroxyl groups is 1. The van der Waals surface area contributed by atoms with Crippen molar-refractivity contribution in [3.63, 3.8) is 0 Å². The van der Waals surface area contributed by atoms with Gasteiger partial charge >= 0.3 is 0 Å². The summed E-state index contributed by atoms with van der Waals surface area (Å²) in [5.41, 5.74) is 0.857. The van der Waals surface area contributed by atoms with E-state index in [0.717, 1.165) is 31.2 Å². The Balaban J connectivity index is 1.78. The van der Waals surface area contributed by atoms with E-state index in [9.17, 15) is 9.90 Å². The van der Waals surface area contributed by atoms with Crippen molar-refractivity contribution in [2.75, 3.05) is 6.54 Å². The zero-order chi connectivity index (χ0) is 14.4. The summed E-state index contributed by atoms with van der Waals surface area (Å²) in [6.45, 7) is 0.528. The minimum atomic E-state index is -0.287. The third-order valence-electron chi connectivity index (χ3n) is 3.73. The lowest BCUT2D eigenvalue weighted by Crippen LogP contribution is -2.36. The maximum atomic E-state index is 11.7. The molecule has 1 amide bonds. The van der Waals surface area contributed by atoms with Crippen LogP contribution in [0, 0.1) is 5.92 Å². The number of amides is 1. The van der Waals surface area contributed by atoms with E-state index < -0.39 is 0 Å². The van der Waals surface area contributed by atoms with Crippen LogP contribution in [0.15, 0.2) is 30.3 Å². The number of carbonyl (C=O) groups is 1. The predicted molar refractivity (Wildman–Crippen MR) is 78.1 cm³/mol. The number of aliphatic hydroxyl groups is 1. The zero-order valence-electron chi connectivity index (χ0n) is 11.5. The summed E-state index contributed by atoms with van der Waals surface area (Å²) in [7, 11) is 0. The number of hydrogen-bond acceptors (Lipinski definition) is 3. The molecule has 2 atom stereocenters. The molecule has 0 heterocycles. The van der Waals surface area contributed by atoms with Gasteiger partial charge in [0, 0.05) is 18.5 Å². The van der Waals surface area contributed by atoms with Crippen LogP contribution in [0.2, 0.25) is 0 Å². The Bertz CT molecular complexity index is 467. The molecule has 4 nitrogen and oxygen atoms in total. The topological polar surface area (TPSA) is 69.6 Å². The van der Waals surface area contributed by atoms with Gasteiger partial charge < -0.3 is 15.5 Å². The molecule has 20 heavy (non-hydrogen) atoms. The largest absolute Gasteiger partial charge is 0.508 e. The van der Waals surface area contributed by atoms with Gasteiger partial charge in [-0.05, 0) is 36.6 Å². The third-order valence-corrected chi connectivity index (χ3v) is 3.73. The highest BCUT2D eigenvalue weighted by molar-refractivity contribution is 5.91. The van der Waals surface area contributed by atoms with Gasteiger partial charge in [-0.1, -0.05) is 25.0 Å². The zero-order valence-corrected chi connectivity index (χ0v) is 11.5. The van der Waals surface area contributed by atoms with E-state index in [1.54, 1.807) is 30.3 Å². The van der Waals surface area contributed by atoms with Gasteiger partial charge in [0.25, 0.3) is 0 Å². The number of phenolic OH excluding ortho intramolecular Hbond substituents is 1. The highest BCUT2D eigenvalue weighted by Crippen LogP contribution is 2.23. The van der Waals surface area contributed by atoms with Crippen LogP contribution >= 0.6 is 0 Å². The first-order chi connectivity index (χ1) is 9.65. The van der Waals surface area contributed by atoms with Crippen molar-refractivity contribution in [3.8, 4) is 5.75 Å². The minimum absolute atomic E-state index is 0.157. The van der Waals surface area contributed by atoms with Crippen LogP contribution in [0.1, 0.15) is 31.2 Å². The first-order valence-corrected chi connectivity index (χ1v) is 7.08. The molecule has 1 saturated carbocycles. The van der Waals surface area contributed by atoms with Crippen molar-refractivity contribution in [3.05, 3.63) is 35.9 Å². The molecule has 4 heteroatoms. The number of carbonyl (C=O) groups excluding carboxylic acids is 1. The molecule has 1 aliphatic rings. The van der Waals surface area contributed by atoms with E-state index in [0.29, 0.717) is 6.54 Å². The number of phenols is 1. The average molecular weight is 275 g/mol. The van der Waals surface area contributed by atoms with Gasteiger partial charge in [0.05, 0.1) is 6.10 Å². The first kappa shape index (κ1) is 14.6. The quantitative estimate of drug-likeness (QED) is 0.737. The predicted octanol–water partition coefficient (Wildman–Crippen LogP) is 2.07. The molecule has 1 aromatic rings. The van der Waals surface area contributed by atoms with E-state index in [2.05, 4.69) is 5.32 Å². The highest BCUT2D eigenvalue weighted by atomic mass is 16.3. The Morgan fingerprint density at radius 1 is 1.25 bits per heavy atom. The first-order valence-electron chi connectivity index (χ1n) is 7.08. The fraction of sp³-hybridized carbons (Fsp3) is 0.438. The number of hydrogen-bond donors (Lipinski definition) is 3. The Morgan fingerprint density at radius 3 is 2.65 bits per heavy atom. The summed E-state index contributed by atoms with van der Waals surface area (Å²) in [5, 5.41) is 21.8. The molecular weight excluding hydrogens is 254 g/mol. The molecule has 1 aromatic carbocycles. The van der Waals surface area contributed by atoms with Crippen molar-refractivity contribution >= 4 is 12.0 Å². The van der Waals surface area contributed by atoms with E-state index in [1.165, 1.54) is 6.08 Å². The maximum Gasteiger partial charge on any atom is 0.244 e. The molecule has 108 valence electrons. The Kier molecular flexibility index (Phi) is 5.18. The van der Waals surface area contributed by atoms with Gasteiger partial charge in [-0.3, -0.25) is 4.79 Å². The van der Waals surface area contributed by atoms with E-state index >= 15 is 0 Å². The van der Waals surface area contributed by atoms with Crippen LogP contribution in [0.3, 0.4) is 0 Å². The smallest absolute Gasteiger partial charge is 0.244 e. The van der Waals surface area contributed by atoms with Gasteiger partial charge in [-0.15, -0.1) is 0 Å². The second-order valence-corrected chi connectivity index (χ2v) is 5.28. The van der Waals surface area contributed by atoms with E-state index in [4.69, 9.17) is 5.11 Å². The van der Waals surface area contributed by atoms with Gasteiger partial charge in [-0.25, -0.2) is 0 Å². The average Bonchev–Trinajstić information content (AvgIpc) is 2.46. The van der Waals surface area contributed by atoms with Gasteiger partial charge in [0.2, 0.25) is 5.91 Å². The molecule has 1 fully saturated rings. The Morgan fingerprint density at radius 2 is 1.95 bits per heavy atom. The summed E-state index contributed by atoms with van der Waals surface area (Å²) in [6, 6.07) is 6.64. The van der Waals surface area contributed by atoms with Crippen molar-refractivity contribution in [1.82, 2.24) is 5.32 Å². The van der Waals surface area contributed by atoms with Gasteiger partial charge in [0.1, 0.15) is 5.75 Å². The van der Waals surface area contributed by atoms with Gasteiger partial charge in [-0.2, -0.15) is 0 Å². The maximum absolute atomic E-state index is 11.7. The van der Waals surface area contributed by atoms with Crippen LogP contribution in [-0.2, 0) is 4.79 Å². The van der Waals surface area contributed by atoms with Crippen molar-refractivity contribution in [1.29, 1.82) is 0 Å². The number of aliphatic hydroxyl groups excluding tert-OH is 1.